The van der Waals surface area contributed by atoms with Crippen LogP contribution in [0.25, 0.3) is 0 Å². The lowest BCUT2D eigenvalue weighted by molar-refractivity contribution is -0.118. The first-order chi connectivity index (χ1) is 10.1. The lowest BCUT2D eigenvalue weighted by Gasteiger charge is -2.15. The van der Waals surface area contributed by atoms with Crippen LogP contribution in [0.15, 0.2) is 34.9 Å². The van der Waals surface area contributed by atoms with Crippen LogP contribution in [0.1, 0.15) is 24.7 Å². The van der Waals surface area contributed by atoms with Crippen molar-refractivity contribution in [3.63, 3.8) is 0 Å². The van der Waals surface area contributed by atoms with E-state index in [4.69, 9.17) is 16.1 Å². The molecule has 1 amide bonds. The number of hydrogen-bond acceptors (Lipinski definition) is 4. The molecule has 0 aliphatic carbocycles. The molecule has 0 aliphatic rings. The number of carbonyl (C=O) groups is 1. The molecule has 1 atom stereocenters. The third-order valence-electron chi connectivity index (χ3n) is 3.07. The molecule has 0 spiro atoms. The second-order valence-corrected chi connectivity index (χ2v) is 5.22. The number of amides is 1. The van der Waals surface area contributed by atoms with Crippen molar-refractivity contribution in [2.75, 3.05) is 5.32 Å². The van der Waals surface area contributed by atoms with Crippen molar-refractivity contribution in [3.8, 4) is 0 Å². The molecule has 0 saturated heterocycles. The van der Waals surface area contributed by atoms with Crippen molar-refractivity contribution in [1.29, 1.82) is 0 Å². The SMILES string of the molecule is CC[C@H](NCc1ccc(Cl)cc1)C(=O)Nc1cc(C)on1. The molecule has 1 heterocycles. The predicted molar refractivity (Wildman–Crippen MR) is 82.2 cm³/mol. The highest BCUT2D eigenvalue weighted by atomic mass is 35.5. The Balaban J connectivity index is 1.89. The minimum absolute atomic E-state index is 0.125. The highest BCUT2D eigenvalue weighted by molar-refractivity contribution is 6.30. The zero-order valence-electron chi connectivity index (χ0n) is 12.0. The lowest BCUT2D eigenvalue weighted by atomic mass is 10.1. The summed E-state index contributed by atoms with van der Waals surface area (Å²) in [5.74, 6) is 0.969. The first-order valence-electron chi connectivity index (χ1n) is 6.80. The van der Waals surface area contributed by atoms with E-state index in [-0.39, 0.29) is 11.9 Å². The van der Waals surface area contributed by atoms with E-state index in [1.807, 2.05) is 31.2 Å². The fourth-order valence-corrected chi connectivity index (χ4v) is 2.03. The summed E-state index contributed by atoms with van der Waals surface area (Å²) in [4.78, 5) is 12.2. The molecular formula is C15H18ClN3O2. The van der Waals surface area contributed by atoms with E-state index in [0.29, 0.717) is 29.6 Å². The molecule has 1 aromatic heterocycles. The molecule has 2 aromatic rings. The van der Waals surface area contributed by atoms with Crippen LogP contribution in [0.5, 0.6) is 0 Å². The van der Waals surface area contributed by atoms with Gasteiger partial charge in [-0.15, -0.1) is 0 Å². The number of rotatable bonds is 6. The molecular weight excluding hydrogens is 290 g/mol. The molecule has 21 heavy (non-hydrogen) atoms. The minimum atomic E-state index is -0.294. The zero-order chi connectivity index (χ0) is 15.2. The number of hydrogen-bond donors (Lipinski definition) is 2. The summed E-state index contributed by atoms with van der Waals surface area (Å²) in [5, 5.41) is 10.4. The summed E-state index contributed by atoms with van der Waals surface area (Å²) < 4.78 is 4.92. The maximum absolute atomic E-state index is 12.2. The lowest BCUT2D eigenvalue weighted by Crippen LogP contribution is -2.39. The summed E-state index contributed by atoms with van der Waals surface area (Å²) in [6, 6.07) is 8.92. The van der Waals surface area contributed by atoms with Crippen LogP contribution in [0, 0.1) is 6.92 Å². The van der Waals surface area contributed by atoms with Crippen molar-refractivity contribution >= 4 is 23.3 Å². The van der Waals surface area contributed by atoms with Crippen LogP contribution < -0.4 is 10.6 Å². The summed E-state index contributed by atoms with van der Waals surface area (Å²) in [5.41, 5.74) is 1.07. The second kappa shape index (κ2) is 7.24. The van der Waals surface area contributed by atoms with Crippen molar-refractivity contribution in [3.05, 3.63) is 46.7 Å². The molecule has 0 aliphatic heterocycles. The molecule has 2 N–H and O–H groups in total. The molecule has 0 bridgehead atoms. The molecule has 2 rings (SSSR count). The monoisotopic (exact) mass is 307 g/mol. The summed E-state index contributed by atoms with van der Waals surface area (Å²) in [6.45, 7) is 4.33. The van der Waals surface area contributed by atoms with Crippen LogP contribution in [0.2, 0.25) is 5.02 Å². The Labute approximate surface area is 128 Å². The van der Waals surface area contributed by atoms with Crippen molar-refractivity contribution in [2.45, 2.75) is 32.9 Å². The topological polar surface area (TPSA) is 67.2 Å². The van der Waals surface area contributed by atoms with E-state index in [1.54, 1.807) is 13.0 Å². The van der Waals surface area contributed by atoms with Crippen LogP contribution in [-0.4, -0.2) is 17.1 Å². The molecule has 0 saturated carbocycles. The summed E-state index contributed by atoms with van der Waals surface area (Å²) in [6.07, 6.45) is 0.677. The molecule has 112 valence electrons. The maximum Gasteiger partial charge on any atom is 0.242 e. The number of aryl methyl sites for hydroxylation is 1. The number of carbonyl (C=O) groups excluding carboxylic acids is 1. The number of benzene rings is 1. The first-order valence-corrected chi connectivity index (χ1v) is 7.18. The van der Waals surface area contributed by atoms with Gasteiger partial charge < -0.3 is 15.2 Å². The molecule has 0 unspecified atom stereocenters. The van der Waals surface area contributed by atoms with Gasteiger partial charge in [0, 0.05) is 17.6 Å². The summed E-state index contributed by atoms with van der Waals surface area (Å²) in [7, 11) is 0. The highest BCUT2D eigenvalue weighted by Gasteiger charge is 2.17. The Morgan fingerprint density at radius 1 is 1.38 bits per heavy atom. The number of nitrogens with one attached hydrogen (secondary N) is 2. The third kappa shape index (κ3) is 4.58. The molecule has 0 radical (unpaired) electrons. The highest BCUT2D eigenvalue weighted by Crippen LogP contribution is 2.11. The number of halogens is 1. The summed E-state index contributed by atoms with van der Waals surface area (Å²) >= 11 is 5.84. The maximum atomic E-state index is 12.2. The Morgan fingerprint density at radius 2 is 2.10 bits per heavy atom. The van der Waals surface area contributed by atoms with E-state index >= 15 is 0 Å². The van der Waals surface area contributed by atoms with Gasteiger partial charge in [0.05, 0.1) is 6.04 Å². The molecule has 6 heteroatoms. The second-order valence-electron chi connectivity index (χ2n) is 4.78. The van der Waals surface area contributed by atoms with Crippen molar-refractivity contribution in [1.82, 2.24) is 10.5 Å². The van der Waals surface area contributed by atoms with Gasteiger partial charge >= 0.3 is 0 Å². The van der Waals surface area contributed by atoms with Gasteiger partial charge in [0.1, 0.15) is 5.76 Å². The van der Waals surface area contributed by atoms with Gasteiger partial charge in [-0.3, -0.25) is 4.79 Å². The van der Waals surface area contributed by atoms with Crippen LogP contribution in [-0.2, 0) is 11.3 Å². The standard InChI is InChI=1S/C15H18ClN3O2/c1-3-13(15(20)18-14-8-10(2)21-19-14)17-9-11-4-6-12(16)7-5-11/h4-8,13,17H,3,9H2,1-2H3,(H,18,19,20)/t13-/m0/s1. The Kier molecular flexibility index (Phi) is 5.36. The minimum Gasteiger partial charge on any atom is -0.360 e. The van der Waals surface area contributed by atoms with Crippen molar-refractivity contribution in [2.24, 2.45) is 0 Å². The fourth-order valence-electron chi connectivity index (χ4n) is 1.90. The van der Waals surface area contributed by atoms with E-state index in [2.05, 4.69) is 15.8 Å². The fraction of sp³-hybridized carbons (Fsp3) is 0.333. The van der Waals surface area contributed by atoms with Gasteiger partial charge in [0.2, 0.25) is 5.91 Å². The van der Waals surface area contributed by atoms with Crippen LogP contribution >= 0.6 is 11.6 Å². The third-order valence-corrected chi connectivity index (χ3v) is 3.32. The Bertz CT molecular complexity index is 595. The molecule has 1 aromatic carbocycles. The van der Waals surface area contributed by atoms with Gasteiger partial charge in [-0.05, 0) is 31.0 Å². The smallest absolute Gasteiger partial charge is 0.242 e. The van der Waals surface area contributed by atoms with Crippen LogP contribution in [0.3, 0.4) is 0 Å². The number of anilines is 1. The Hall–Kier alpha value is -1.85. The van der Waals surface area contributed by atoms with Gasteiger partial charge in [-0.1, -0.05) is 35.8 Å². The van der Waals surface area contributed by atoms with E-state index in [0.717, 1.165) is 5.56 Å². The first kappa shape index (κ1) is 15.5. The van der Waals surface area contributed by atoms with E-state index < -0.39 is 0 Å². The number of nitrogens with zero attached hydrogens (tertiary/aromatic N) is 1. The van der Waals surface area contributed by atoms with E-state index in [1.165, 1.54) is 0 Å². The predicted octanol–water partition coefficient (Wildman–Crippen LogP) is 3.14. The molecule has 0 fully saturated rings. The molecule has 5 nitrogen and oxygen atoms in total. The van der Waals surface area contributed by atoms with Gasteiger partial charge in [0.25, 0.3) is 0 Å². The normalized spacial score (nSPS) is 12.1. The largest absolute Gasteiger partial charge is 0.360 e. The Morgan fingerprint density at radius 3 is 2.67 bits per heavy atom. The van der Waals surface area contributed by atoms with Crippen molar-refractivity contribution < 1.29 is 9.32 Å². The average Bonchev–Trinajstić information content (AvgIpc) is 2.87. The average molecular weight is 308 g/mol. The van der Waals surface area contributed by atoms with Gasteiger partial charge in [-0.25, -0.2) is 0 Å². The zero-order valence-corrected chi connectivity index (χ0v) is 12.8. The van der Waals surface area contributed by atoms with Gasteiger partial charge in [0.15, 0.2) is 5.82 Å². The van der Waals surface area contributed by atoms with Crippen LogP contribution in [0.4, 0.5) is 5.82 Å². The van der Waals surface area contributed by atoms with Gasteiger partial charge in [-0.2, -0.15) is 0 Å². The quantitative estimate of drug-likeness (QED) is 0.860. The number of aromatic nitrogens is 1. The van der Waals surface area contributed by atoms with E-state index in [9.17, 15) is 4.79 Å².